The van der Waals surface area contributed by atoms with E-state index >= 15 is 0 Å². The van der Waals surface area contributed by atoms with E-state index in [1.165, 1.54) is 0 Å². The van der Waals surface area contributed by atoms with Gasteiger partial charge >= 0.3 is 0 Å². The average molecular weight is 371 g/mol. The highest BCUT2D eigenvalue weighted by molar-refractivity contribution is 7.99. The summed E-state index contributed by atoms with van der Waals surface area (Å²) in [6.07, 6.45) is 2.48. The summed E-state index contributed by atoms with van der Waals surface area (Å²) in [7, 11) is 0. The van der Waals surface area contributed by atoms with Crippen LogP contribution in [0.5, 0.6) is 0 Å². The summed E-state index contributed by atoms with van der Waals surface area (Å²) < 4.78 is 2.19. The molecule has 0 unspecified atom stereocenters. The molecule has 2 N–H and O–H groups in total. The molecule has 1 aromatic carbocycles. The Morgan fingerprint density at radius 2 is 2.00 bits per heavy atom. The topological polar surface area (TPSA) is 65.1 Å². The molecule has 1 amide bonds. The molecular formula is C21H26N2O2S. The highest BCUT2D eigenvalue weighted by atomic mass is 32.2. The summed E-state index contributed by atoms with van der Waals surface area (Å²) in [5.41, 5.74) is 9.94. The second-order valence-corrected chi connectivity index (χ2v) is 8.95. The normalized spacial score (nSPS) is 15.8. The van der Waals surface area contributed by atoms with Gasteiger partial charge in [-0.1, -0.05) is 20.8 Å². The van der Waals surface area contributed by atoms with Crippen LogP contribution in [0.1, 0.15) is 65.7 Å². The van der Waals surface area contributed by atoms with Gasteiger partial charge in [0.25, 0.3) is 0 Å². The van der Waals surface area contributed by atoms with E-state index < -0.39 is 5.91 Å². The zero-order valence-electron chi connectivity index (χ0n) is 15.9. The lowest BCUT2D eigenvalue weighted by molar-refractivity contribution is 0.0910. The van der Waals surface area contributed by atoms with Gasteiger partial charge in [-0.2, -0.15) is 0 Å². The maximum absolute atomic E-state index is 12.6. The number of hydrogen-bond acceptors (Lipinski definition) is 3. The van der Waals surface area contributed by atoms with Crippen molar-refractivity contribution >= 4 is 23.5 Å². The monoisotopic (exact) mass is 370 g/mol. The van der Waals surface area contributed by atoms with Crippen LogP contribution in [0.25, 0.3) is 5.69 Å². The molecule has 5 heteroatoms. The Kier molecular flexibility index (Phi) is 5.02. The molecule has 2 aromatic rings. The van der Waals surface area contributed by atoms with Crippen LogP contribution in [0, 0.1) is 12.3 Å². The molecule has 3 rings (SSSR count). The summed E-state index contributed by atoms with van der Waals surface area (Å²) >= 11 is 1.72. The highest BCUT2D eigenvalue weighted by Gasteiger charge is 2.34. The van der Waals surface area contributed by atoms with Crippen molar-refractivity contribution in [3.8, 4) is 5.69 Å². The fourth-order valence-electron chi connectivity index (χ4n) is 3.67. The minimum atomic E-state index is -0.419. The van der Waals surface area contributed by atoms with E-state index in [4.69, 9.17) is 5.73 Å². The number of hydrogen-bond donors (Lipinski definition) is 1. The van der Waals surface area contributed by atoms with Crippen molar-refractivity contribution in [3.05, 3.63) is 46.8 Å². The smallest absolute Gasteiger partial charge is 0.248 e. The van der Waals surface area contributed by atoms with Crippen molar-refractivity contribution < 1.29 is 9.59 Å². The number of ketones is 1. The number of rotatable bonds is 5. The predicted octanol–water partition coefficient (Wildman–Crippen LogP) is 4.54. The first kappa shape index (κ1) is 18.8. The number of fused-ring (bicyclic) bond motifs is 1. The third-order valence-corrected chi connectivity index (χ3v) is 6.07. The number of carbonyl (C=O) groups is 2. The van der Waals surface area contributed by atoms with Gasteiger partial charge in [-0.15, -0.1) is 11.8 Å². The standard InChI is InChI=1S/C21H26N2O2S/c1-5-8-26-19-10-14(20(22)25)6-7-16(19)23-13(2)9-15-17(23)11-21(3,4)12-18(15)24/h6-7,9-10H,5,8,11-12H2,1-4H3,(H2,22,25). The lowest BCUT2D eigenvalue weighted by Gasteiger charge is -2.30. The number of primary amides is 1. The zero-order chi connectivity index (χ0) is 19.1. The summed E-state index contributed by atoms with van der Waals surface area (Å²) in [6.45, 7) is 8.45. The van der Waals surface area contributed by atoms with Gasteiger partial charge in [0.1, 0.15) is 0 Å². The van der Waals surface area contributed by atoms with E-state index in [2.05, 4.69) is 25.3 Å². The van der Waals surface area contributed by atoms with E-state index in [0.29, 0.717) is 12.0 Å². The van der Waals surface area contributed by atoms with Gasteiger partial charge in [-0.25, -0.2) is 0 Å². The van der Waals surface area contributed by atoms with Crippen LogP contribution < -0.4 is 5.73 Å². The molecule has 26 heavy (non-hydrogen) atoms. The Hall–Kier alpha value is -2.01. The van der Waals surface area contributed by atoms with Crippen molar-refractivity contribution in [1.29, 1.82) is 0 Å². The number of aromatic nitrogens is 1. The number of carbonyl (C=O) groups excluding carboxylic acids is 2. The van der Waals surface area contributed by atoms with Crippen molar-refractivity contribution in [2.45, 2.75) is 51.9 Å². The summed E-state index contributed by atoms with van der Waals surface area (Å²) in [4.78, 5) is 25.3. The molecule has 0 bridgehead atoms. The van der Waals surface area contributed by atoms with Gasteiger partial charge in [-0.3, -0.25) is 9.59 Å². The largest absolute Gasteiger partial charge is 0.366 e. The van der Waals surface area contributed by atoms with Gasteiger partial charge in [0, 0.05) is 33.8 Å². The lowest BCUT2D eigenvalue weighted by atomic mass is 9.76. The van der Waals surface area contributed by atoms with Crippen molar-refractivity contribution in [2.75, 3.05) is 5.75 Å². The number of aryl methyl sites for hydroxylation is 1. The third-order valence-electron chi connectivity index (χ3n) is 4.82. The Balaban J connectivity index is 2.18. The Labute approximate surface area is 159 Å². The van der Waals surface area contributed by atoms with Crippen molar-refractivity contribution in [3.63, 3.8) is 0 Å². The summed E-state index contributed by atoms with van der Waals surface area (Å²) in [6, 6.07) is 7.61. The lowest BCUT2D eigenvalue weighted by Crippen LogP contribution is -2.28. The first-order chi connectivity index (χ1) is 12.2. The Morgan fingerprint density at radius 1 is 1.27 bits per heavy atom. The van der Waals surface area contributed by atoms with Gasteiger partial charge in [0.15, 0.2) is 5.78 Å². The molecule has 138 valence electrons. The summed E-state index contributed by atoms with van der Waals surface area (Å²) in [5.74, 6) is 0.759. The molecule has 0 aliphatic heterocycles. The van der Waals surface area contributed by atoms with Crippen LogP contribution in [0.2, 0.25) is 0 Å². The first-order valence-corrected chi connectivity index (χ1v) is 10.0. The molecule has 0 radical (unpaired) electrons. The number of nitrogens with two attached hydrogens (primary N) is 1. The minimum Gasteiger partial charge on any atom is -0.366 e. The van der Waals surface area contributed by atoms with E-state index in [1.54, 1.807) is 17.8 Å². The average Bonchev–Trinajstić information content (AvgIpc) is 2.87. The SMILES string of the molecule is CCCSc1cc(C(N)=O)ccc1-n1c(C)cc2c1CC(C)(C)CC2=O. The maximum Gasteiger partial charge on any atom is 0.248 e. The molecule has 0 spiro atoms. The zero-order valence-corrected chi connectivity index (χ0v) is 16.7. The number of Topliss-reactive ketones (excluding diaryl/α,β-unsaturated/α-hetero) is 1. The molecule has 1 aliphatic rings. The molecule has 1 aromatic heterocycles. The highest BCUT2D eigenvalue weighted by Crippen LogP contribution is 2.39. The van der Waals surface area contributed by atoms with Gasteiger partial charge in [0.2, 0.25) is 5.91 Å². The third kappa shape index (κ3) is 3.45. The van der Waals surface area contributed by atoms with Crippen LogP contribution >= 0.6 is 11.8 Å². The van der Waals surface area contributed by atoms with E-state index in [0.717, 1.165) is 46.1 Å². The van der Waals surface area contributed by atoms with Gasteiger partial charge in [-0.05, 0) is 55.2 Å². The quantitative estimate of drug-likeness (QED) is 0.786. The van der Waals surface area contributed by atoms with Crippen LogP contribution in [-0.4, -0.2) is 22.0 Å². The molecule has 1 aliphatic carbocycles. The van der Waals surface area contributed by atoms with Crippen molar-refractivity contribution in [2.24, 2.45) is 11.1 Å². The van der Waals surface area contributed by atoms with E-state index in [1.807, 2.05) is 25.1 Å². The van der Waals surface area contributed by atoms with Gasteiger partial charge < -0.3 is 10.3 Å². The van der Waals surface area contributed by atoms with E-state index in [-0.39, 0.29) is 11.2 Å². The van der Waals surface area contributed by atoms with Gasteiger partial charge in [0.05, 0.1) is 5.69 Å². The number of nitrogens with zero attached hydrogens (tertiary/aromatic N) is 1. The number of amides is 1. The molecule has 0 fully saturated rings. The Bertz CT molecular complexity index is 880. The number of benzene rings is 1. The van der Waals surface area contributed by atoms with Crippen LogP contribution in [0.4, 0.5) is 0 Å². The second-order valence-electron chi connectivity index (χ2n) is 7.82. The Morgan fingerprint density at radius 3 is 2.65 bits per heavy atom. The minimum absolute atomic E-state index is 0.0451. The molecule has 0 saturated carbocycles. The van der Waals surface area contributed by atoms with Crippen molar-refractivity contribution in [1.82, 2.24) is 4.57 Å². The maximum atomic E-state index is 12.6. The molecule has 4 nitrogen and oxygen atoms in total. The van der Waals surface area contributed by atoms with Crippen LogP contribution in [0.3, 0.4) is 0 Å². The summed E-state index contributed by atoms with van der Waals surface area (Å²) in [5, 5.41) is 0. The van der Waals surface area contributed by atoms with E-state index in [9.17, 15) is 9.59 Å². The fourth-order valence-corrected chi connectivity index (χ4v) is 4.61. The predicted molar refractivity (Wildman–Crippen MR) is 106 cm³/mol. The fraction of sp³-hybridized carbons (Fsp3) is 0.429. The second kappa shape index (κ2) is 6.95. The van der Waals surface area contributed by atoms with Crippen LogP contribution in [-0.2, 0) is 6.42 Å². The molecular weight excluding hydrogens is 344 g/mol. The first-order valence-electron chi connectivity index (χ1n) is 9.05. The number of thioether (sulfide) groups is 1. The van der Waals surface area contributed by atoms with Crippen LogP contribution in [0.15, 0.2) is 29.2 Å². The molecule has 0 atom stereocenters. The molecule has 0 saturated heterocycles. The molecule has 1 heterocycles.